The van der Waals surface area contributed by atoms with Crippen molar-refractivity contribution in [1.29, 1.82) is 0 Å². The lowest BCUT2D eigenvalue weighted by molar-refractivity contribution is -0.182. The van der Waals surface area contributed by atoms with Crippen molar-refractivity contribution in [2.75, 3.05) is 6.54 Å². The third-order valence-electron chi connectivity index (χ3n) is 10.6. The van der Waals surface area contributed by atoms with Crippen molar-refractivity contribution in [3.63, 3.8) is 0 Å². The summed E-state index contributed by atoms with van der Waals surface area (Å²) in [4.78, 5) is 14.0. The van der Waals surface area contributed by atoms with Gasteiger partial charge in [0.1, 0.15) is 0 Å². The Morgan fingerprint density at radius 1 is 1.00 bits per heavy atom. The summed E-state index contributed by atoms with van der Waals surface area (Å²) in [6, 6.07) is 11.6. The van der Waals surface area contributed by atoms with Crippen LogP contribution in [0.15, 0.2) is 30.3 Å². The van der Waals surface area contributed by atoms with Gasteiger partial charge in [0, 0.05) is 6.04 Å². The van der Waals surface area contributed by atoms with Crippen LogP contribution in [-0.4, -0.2) is 18.5 Å². The molecule has 32 heavy (non-hydrogen) atoms. The molecule has 2 atom stereocenters. The van der Waals surface area contributed by atoms with Gasteiger partial charge in [-0.25, -0.2) is 0 Å². The monoisotopic (exact) mass is 436 g/mol. The van der Waals surface area contributed by atoms with Crippen LogP contribution in [0.1, 0.15) is 96.5 Å². The third-order valence-corrected chi connectivity index (χ3v) is 10.6. The first-order valence-electron chi connectivity index (χ1n) is 13.6. The molecule has 0 heterocycles. The highest BCUT2D eigenvalue weighted by atomic mass is 16.2. The first kappa shape index (κ1) is 22.4. The highest BCUT2D eigenvalue weighted by Crippen LogP contribution is 2.73. The van der Waals surface area contributed by atoms with Crippen LogP contribution in [0.3, 0.4) is 0 Å². The maximum atomic E-state index is 14.0. The van der Waals surface area contributed by atoms with Gasteiger partial charge in [-0.2, -0.15) is 0 Å². The van der Waals surface area contributed by atoms with Crippen molar-refractivity contribution in [3.8, 4) is 0 Å². The minimum absolute atomic E-state index is 0.154. The number of hydrogen-bond donors (Lipinski definition) is 2. The summed E-state index contributed by atoms with van der Waals surface area (Å²) in [7, 11) is 0. The van der Waals surface area contributed by atoms with E-state index in [0.717, 1.165) is 38.6 Å². The van der Waals surface area contributed by atoms with Gasteiger partial charge in [0.05, 0.1) is 5.41 Å². The summed E-state index contributed by atoms with van der Waals surface area (Å²) in [6.07, 6.45) is 14.3. The Bertz CT molecular complexity index is 794. The highest BCUT2D eigenvalue weighted by Gasteiger charge is 2.67. The Hall–Kier alpha value is -1.35. The van der Waals surface area contributed by atoms with Gasteiger partial charge >= 0.3 is 0 Å². The van der Waals surface area contributed by atoms with E-state index in [1.165, 1.54) is 50.5 Å². The third kappa shape index (κ3) is 3.45. The minimum atomic E-state index is -0.154. The van der Waals surface area contributed by atoms with Crippen LogP contribution < -0.4 is 11.1 Å². The van der Waals surface area contributed by atoms with E-state index in [1.54, 1.807) is 0 Å². The molecule has 5 fully saturated rings. The summed E-state index contributed by atoms with van der Waals surface area (Å²) in [5.41, 5.74) is 7.90. The molecule has 3 heteroatoms. The van der Waals surface area contributed by atoms with E-state index in [2.05, 4.69) is 49.5 Å². The molecule has 3 nitrogen and oxygen atoms in total. The molecule has 6 rings (SSSR count). The maximum Gasteiger partial charge on any atom is 0.226 e. The second-order valence-corrected chi connectivity index (χ2v) is 12.1. The molecule has 0 aromatic heterocycles. The molecule has 5 aliphatic carbocycles. The molecular weight excluding hydrogens is 392 g/mol. The van der Waals surface area contributed by atoms with E-state index in [4.69, 9.17) is 5.73 Å². The Morgan fingerprint density at radius 2 is 1.66 bits per heavy atom. The van der Waals surface area contributed by atoms with Crippen molar-refractivity contribution in [2.45, 2.75) is 102 Å². The van der Waals surface area contributed by atoms with Gasteiger partial charge in [0.15, 0.2) is 0 Å². The van der Waals surface area contributed by atoms with E-state index in [-0.39, 0.29) is 10.8 Å². The number of nitrogens with one attached hydrogen (secondary N) is 1. The van der Waals surface area contributed by atoms with Crippen LogP contribution in [0.4, 0.5) is 0 Å². The second-order valence-electron chi connectivity index (χ2n) is 12.1. The van der Waals surface area contributed by atoms with Crippen molar-refractivity contribution in [1.82, 2.24) is 5.32 Å². The van der Waals surface area contributed by atoms with Gasteiger partial charge < -0.3 is 11.1 Å². The molecular formula is C29H44N2O. The Labute approximate surface area is 195 Å². The fourth-order valence-corrected chi connectivity index (χ4v) is 9.18. The number of carbonyl (C=O) groups is 1. The predicted molar refractivity (Wildman–Crippen MR) is 131 cm³/mol. The molecule has 4 bridgehead atoms. The molecule has 5 aliphatic rings. The summed E-state index contributed by atoms with van der Waals surface area (Å²) < 4.78 is 0. The van der Waals surface area contributed by atoms with E-state index in [0.29, 0.717) is 35.1 Å². The zero-order valence-electron chi connectivity index (χ0n) is 20.4. The van der Waals surface area contributed by atoms with E-state index >= 15 is 0 Å². The van der Waals surface area contributed by atoms with Crippen LogP contribution in [0.5, 0.6) is 0 Å². The molecule has 0 saturated heterocycles. The zero-order valence-corrected chi connectivity index (χ0v) is 20.4. The molecule has 176 valence electrons. The second kappa shape index (κ2) is 8.46. The molecule has 1 aromatic carbocycles. The summed E-state index contributed by atoms with van der Waals surface area (Å²) in [6.45, 7) is 5.58. The first-order chi connectivity index (χ1) is 15.5. The van der Waals surface area contributed by atoms with Crippen LogP contribution in [0.2, 0.25) is 0 Å². The summed E-state index contributed by atoms with van der Waals surface area (Å²) in [5.74, 6) is 2.42. The quantitative estimate of drug-likeness (QED) is 0.554. The molecule has 2 unspecified atom stereocenters. The molecule has 0 spiro atoms. The number of rotatable bonds is 7. The van der Waals surface area contributed by atoms with Crippen LogP contribution in [-0.2, 0) is 10.2 Å². The lowest BCUT2D eigenvalue weighted by Gasteiger charge is -2.69. The average Bonchev–Trinajstić information content (AvgIpc) is 2.82. The Kier molecular flexibility index (Phi) is 5.93. The number of carbonyl (C=O) groups excluding carboxylic acids is 1. The predicted octanol–water partition coefficient (Wildman–Crippen LogP) is 5.96. The van der Waals surface area contributed by atoms with Crippen LogP contribution >= 0.6 is 0 Å². The van der Waals surface area contributed by atoms with Crippen LogP contribution in [0, 0.1) is 28.6 Å². The average molecular weight is 437 g/mol. The fraction of sp³-hybridized carbons (Fsp3) is 0.759. The first-order valence-corrected chi connectivity index (χ1v) is 13.6. The number of amides is 1. The minimum Gasteiger partial charge on any atom is -0.353 e. The number of hydrogen-bond acceptors (Lipinski definition) is 2. The zero-order chi connectivity index (χ0) is 22.4. The summed E-state index contributed by atoms with van der Waals surface area (Å²) in [5, 5.41) is 3.59. The van der Waals surface area contributed by atoms with E-state index in [9.17, 15) is 4.79 Å². The largest absolute Gasteiger partial charge is 0.353 e. The maximum absolute atomic E-state index is 14.0. The lowest BCUT2D eigenvalue weighted by Crippen LogP contribution is -2.65. The van der Waals surface area contributed by atoms with Gasteiger partial charge in [-0.05, 0) is 111 Å². The van der Waals surface area contributed by atoms with Gasteiger partial charge in [-0.3, -0.25) is 4.79 Å². The van der Waals surface area contributed by atoms with Crippen molar-refractivity contribution in [3.05, 3.63) is 35.9 Å². The van der Waals surface area contributed by atoms with Crippen molar-refractivity contribution < 1.29 is 4.79 Å². The highest BCUT2D eigenvalue weighted by molar-refractivity contribution is 5.84. The fourth-order valence-electron chi connectivity index (χ4n) is 9.18. The lowest BCUT2D eigenvalue weighted by atomic mass is 9.35. The molecule has 0 aliphatic heterocycles. The van der Waals surface area contributed by atoms with Crippen molar-refractivity contribution in [2.24, 2.45) is 34.3 Å². The molecule has 1 aromatic rings. The van der Waals surface area contributed by atoms with E-state index in [1.807, 2.05) is 0 Å². The Morgan fingerprint density at radius 3 is 2.22 bits per heavy atom. The molecule has 1 amide bonds. The molecule has 3 N–H and O–H groups in total. The molecule has 5 saturated carbocycles. The van der Waals surface area contributed by atoms with Gasteiger partial charge in [-0.15, -0.1) is 0 Å². The molecule has 0 radical (unpaired) electrons. The van der Waals surface area contributed by atoms with Gasteiger partial charge in [0.25, 0.3) is 0 Å². The smallest absolute Gasteiger partial charge is 0.226 e. The van der Waals surface area contributed by atoms with Crippen LogP contribution in [0.25, 0.3) is 0 Å². The van der Waals surface area contributed by atoms with E-state index < -0.39 is 0 Å². The SMILES string of the molecule is CCCC1(CC)C2CC3(C(=O)N[C@H]4CC[C@H](CN)CC4)CC1CC(c1ccccc1)(C2)C3. The number of nitrogens with two attached hydrogens (primary N) is 1. The normalized spacial score (nSPS) is 42.7. The Balaban J connectivity index is 1.44. The van der Waals surface area contributed by atoms with Gasteiger partial charge in [-0.1, -0.05) is 50.6 Å². The topological polar surface area (TPSA) is 55.1 Å². The number of benzene rings is 1. The van der Waals surface area contributed by atoms with Crippen molar-refractivity contribution >= 4 is 5.91 Å². The standard InChI is InChI=1S/C29H44N2O/c1-3-14-29(4-2)23-15-27(22-8-6-5-7-9-22)16-24(29)18-28(17-23,20-27)26(32)31-25-12-10-21(19-30)11-13-25/h5-9,21,23-25H,3-4,10-20,30H2,1-2H3,(H,31,32)/t21-,23?,24?,25-,27?,28?,29?. The summed E-state index contributed by atoms with van der Waals surface area (Å²) >= 11 is 0. The van der Waals surface area contributed by atoms with Gasteiger partial charge in [0.2, 0.25) is 5.91 Å².